The van der Waals surface area contributed by atoms with Crippen molar-refractivity contribution in [2.75, 3.05) is 13.1 Å². The van der Waals surface area contributed by atoms with Crippen LogP contribution in [0.25, 0.3) is 0 Å². The van der Waals surface area contributed by atoms with Crippen LogP contribution in [-0.2, 0) is 9.59 Å². The van der Waals surface area contributed by atoms with Gasteiger partial charge in [-0.2, -0.15) is 0 Å². The number of carbonyl (C=O) groups is 3. The lowest BCUT2D eigenvalue weighted by Crippen LogP contribution is -2.39. The molecule has 0 saturated heterocycles. The molecule has 0 unspecified atom stereocenters. The molecule has 0 aromatic carbocycles. The Morgan fingerprint density at radius 3 is 2.52 bits per heavy atom. The average Bonchev–Trinajstić information content (AvgIpc) is 2.42. The van der Waals surface area contributed by atoms with Gasteiger partial charge in [-0.05, 0) is 0 Å². The van der Waals surface area contributed by atoms with Crippen LogP contribution < -0.4 is 10.6 Å². The lowest BCUT2D eigenvalue weighted by molar-refractivity contribution is -0.137. The van der Waals surface area contributed by atoms with Crippen LogP contribution in [0.15, 0.2) is 6.20 Å². The largest absolute Gasteiger partial charge is 0.480 e. The molecule has 0 aliphatic rings. The molecule has 9 heteroatoms. The Bertz CT molecular complexity index is 562. The molecule has 1 aromatic rings. The maximum absolute atomic E-state index is 11.9. The van der Waals surface area contributed by atoms with Gasteiger partial charge in [-0.15, -0.1) is 0 Å². The van der Waals surface area contributed by atoms with E-state index in [-0.39, 0.29) is 23.2 Å². The first-order valence-electron chi connectivity index (χ1n) is 6.10. The van der Waals surface area contributed by atoms with Crippen molar-refractivity contribution in [2.24, 2.45) is 0 Å². The quantitative estimate of drug-likeness (QED) is 0.689. The maximum Gasteiger partial charge on any atom is 0.322 e. The molecule has 21 heavy (non-hydrogen) atoms. The Hall–Kier alpha value is -2.22. The molecule has 0 aliphatic heterocycles. The molecule has 0 radical (unpaired) electrons. The van der Waals surface area contributed by atoms with Crippen molar-refractivity contribution in [3.8, 4) is 0 Å². The molecule has 0 atom stereocenters. The molecule has 0 fully saturated rings. The smallest absolute Gasteiger partial charge is 0.322 e. The lowest BCUT2D eigenvalue weighted by atomic mass is 10.2. The third kappa shape index (κ3) is 5.35. The second-order valence-corrected chi connectivity index (χ2v) is 4.84. The summed E-state index contributed by atoms with van der Waals surface area (Å²) in [4.78, 5) is 41.5. The minimum Gasteiger partial charge on any atom is -0.480 e. The number of nitrogens with zero attached hydrogens (tertiary/aromatic N) is 2. The SMILES string of the molecule is CC(C)c1ncc(Cl)c(C(=O)NCC(=O)NCC(=O)O)n1. The Balaban J connectivity index is 2.65. The summed E-state index contributed by atoms with van der Waals surface area (Å²) in [5.74, 6) is -1.95. The van der Waals surface area contributed by atoms with Crippen LogP contribution in [0.1, 0.15) is 36.1 Å². The van der Waals surface area contributed by atoms with E-state index in [0.717, 1.165) is 0 Å². The van der Waals surface area contributed by atoms with Crippen molar-refractivity contribution < 1.29 is 19.5 Å². The molecule has 0 aliphatic carbocycles. The number of amides is 2. The summed E-state index contributed by atoms with van der Waals surface area (Å²) >= 11 is 5.85. The predicted molar refractivity (Wildman–Crippen MR) is 74.1 cm³/mol. The van der Waals surface area contributed by atoms with Gasteiger partial charge in [-0.1, -0.05) is 25.4 Å². The Labute approximate surface area is 125 Å². The third-order valence-corrected chi connectivity index (χ3v) is 2.62. The standard InChI is InChI=1S/C12H15ClN4O4/c1-6(2)11-15-3-7(13)10(17-11)12(21)16-4-8(18)14-5-9(19)20/h3,6H,4-5H2,1-2H3,(H,14,18)(H,16,21)(H,19,20). The molecule has 3 N–H and O–H groups in total. The molecular formula is C12H15ClN4O4. The second kappa shape index (κ2) is 7.53. The number of carboxylic acid groups (broad SMARTS) is 1. The van der Waals surface area contributed by atoms with Gasteiger partial charge in [0, 0.05) is 5.92 Å². The number of carbonyl (C=O) groups excluding carboxylic acids is 2. The molecular weight excluding hydrogens is 300 g/mol. The first-order chi connectivity index (χ1) is 9.81. The number of hydrogen-bond donors (Lipinski definition) is 3. The van der Waals surface area contributed by atoms with Crippen LogP contribution in [0, 0.1) is 0 Å². The predicted octanol–water partition coefficient (Wildman–Crippen LogP) is 0.184. The molecule has 1 rings (SSSR count). The van der Waals surface area contributed by atoms with Crippen LogP contribution in [-0.4, -0.2) is 45.9 Å². The molecule has 0 saturated carbocycles. The van der Waals surface area contributed by atoms with Crippen molar-refractivity contribution in [3.63, 3.8) is 0 Å². The highest BCUT2D eigenvalue weighted by Crippen LogP contribution is 2.16. The van der Waals surface area contributed by atoms with Gasteiger partial charge in [-0.3, -0.25) is 14.4 Å². The Kier molecular flexibility index (Phi) is 6.04. The topological polar surface area (TPSA) is 121 Å². The molecule has 8 nitrogen and oxygen atoms in total. The number of halogens is 1. The van der Waals surface area contributed by atoms with Gasteiger partial charge in [0.1, 0.15) is 18.1 Å². The van der Waals surface area contributed by atoms with Crippen LogP contribution >= 0.6 is 11.6 Å². The van der Waals surface area contributed by atoms with Crippen LogP contribution in [0.5, 0.6) is 0 Å². The van der Waals surface area contributed by atoms with Gasteiger partial charge in [0.05, 0.1) is 17.8 Å². The van der Waals surface area contributed by atoms with E-state index < -0.39 is 24.3 Å². The molecule has 114 valence electrons. The van der Waals surface area contributed by atoms with Gasteiger partial charge in [0.25, 0.3) is 5.91 Å². The summed E-state index contributed by atoms with van der Waals surface area (Å²) in [6.07, 6.45) is 1.32. The van der Waals surface area contributed by atoms with Crippen molar-refractivity contribution in [1.29, 1.82) is 0 Å². The van der Waals surface area contributed by atoms with E-state index in [1.54, 1.807) is 0 Å². The summed E-state index contributed by atoms with van der Waals surface area (Å²) in [5, 5.41) is 12.9. The highest BCUT2D eigenvalue weighted by atomic mass is 35.5. The zero-order chi connectivity index (χ0) is 16.0. The normalized spacial score (nSPS) is 10.3. The zero-order valence-corrected chi connectivity index (χ0v) is 12.3. The van der Waals surface area contributed by atoms with E-state index >= 15 is 0 Å². The Morgan fingerprint density at radius 2 is 1.95 bits per heavy atom. The van der Waals surface area contributed by atoms with Gasteiger partial charge in [0.2, 0.25) is 5.91 Å². The number of nitrogens with one attached hydrogen (secondary N) is 2. The summed E-state index contributed by atoms with van der Waals surface area (Å²) in [7, 11) is 0. The van der Waals surface area contributed by atoms with Crippen LogP contribution in [0.3, 0.4) is 0 Å². The first-order valence-corrected chi connectivity index (χ1v) is 6.48. The average molecular weight is 315 g/mol. The van der Waals surface area contributed by atoms with E-state index in [1.165, 1.54) is 6.20 Å². The lowest BCUT2D eigenvalue weighted by Gasteiger charge is -2.08. The van der Waals surface area contributed by atoms with E-state index in [1.807, 2.05) is 13.8 Å². The minimum absolute atomic E-state index is 0.0210. The fourth-order valence-corrected chi connectivity index (χ4v) is 1.48. The van der Waals surface area contributed by atoms with E-state index in [0.29, 0.717) is 5.82 Å². The van der Waals surface area contributed by atoms with Crippen molar-refractivity contribution in [2.45, 2.75) is 19.8 Å². The van der Waals surface area contributed by atoms with E-state index in [2.05, 4.69) is 20.6 Å². The molecule has 0 bridgehead atoms. The van der Waals surface area contributed by atoms with Crippen LogP contribution in [0.2, 0.25) is 5.02 Å². The molecule has 1 heterocycles. The summed E-state index contributed by atoms with van der Waals surface area (Å²) in [5.41, 5.74) is -0.0265. The van der Waals surface area contributed by atoms with Crippen molar-refractivity contribution >= 4 is 29.4 Å². The van der Waals surface area contributed by atoms with Gasteiger partial charge < -0.3 is 15.7 Å². The number of hydrogen-bond acceptors (Lipinski definition) is 5. The maximum atomic E-state index is 11.9. The van der Waals surface area contributed by atoms with Crippen molar-refractivity contribution in [1.82, 2.24) is 20.6 Å². The fraction of sp³-hybridized carbons (Fsp3) is 0.417. The Morgan fingerprint density at radius 1 is 1.29 bits per heavy atom. The molecule has 0 spiro atoms. The number of carboxylic acids is 1. The highest BCUT2D eigenvalue weighted by Gasteiger charge is 2.16. The number of aromatic nitrogens is 2. The van der Waals surface area contributed by atoms with Gasteiger partial charge in [0.15, 0.2) is 0 Å². The van der Waals surface area contributed by atoms with E-state index in [4.69, 9.17) is 16.7 Å². The molecule has 2 amide bonds. The fourth-order valence-electron chi connectivity index (χ4n) is 1.30. The van der Waals surface area contributed by atoms with Crippen molar-refractivity contribution in [3.05, 3.63) is 22.7 Å². The number of rotatable bonds is 6. The van der Waals surface area contributed by atoms with E-state index in [9.17, 15) is 14.4 Å². The van der Waals surface area contributed by atoms with Gasteiger partial charge in [-0.25, -0.2) is 9.97 Å². The van der Waals surface area contributed by atoms with Crippen LogP contribution in [0.4, 0.5) is 0 Å². The zero-order valence-electron chi connectivity index (χ0n) is 11.5. The summed E-state index contributed by atoms with van der Waals surface area (Å²) in [6, 6.07) is 0. The monoisotopic (exact) mass is 314 g/mol. The summed E-state index contributed by atoms with van der Waals surface area (Å²) in [6.45, 7) is 2.85. The summed E-state index contributed by atoms with van der Waals surface area (Å²) < 4.78 is 0. The first kappa shape index (κ1) is 16.8. The highest BCUT2D eigenvalue weighted by molar-refractivity contribution is 6.33. The minimum atomic E-state index is -1.17. The van der Waals surface area contributed by atoms with Gasteiger partial charge >= 0.3 is 5.97 Å². The number of aliphatic carboxylic acids is 1. The second-order valence-electron chi connectivity index (χ2n) is 4.43. The third-order valence-electron chi connectivity index (χ3n) is 2.34. The molecule has 1 aromatic heterocycles.